The van der Waals surface area contributed by atoms with Gasteiger partial charge in [0.1, 0.15) is 5.82 Å². The number of hydrogen-bond acceptors (Lipinski definition) is 4. The first kappa shape index (κ1) is 13.8. The zero-order valence-corrected chi connectivity index (χ0v) is 12.2. The van der Waals surface area contributed by atoms with Crippen molar-refractivity contribution in [1.29, 1.82) is 0 Å². The third-order valence-corrected chi connectivity index (χ3v) is 3.73. The highest BCUT2D eigenvalue weighted by Gasteiger charge is 2.12. The molecule has 0 radical (unpaired) electrons. The molecule has 0 atom stereocenters. The van der Waals surface area contributed by atoms with E-state index in [9.17, 15) is 4.79 Å². The fourth-order valence-electron chi connectivity index (χ4n) is 2.52. The van der Waals surface area contributed by atoms with Crippen LogP contribution in [0.3, 0.4) is 0 Å². The molecular formula is C16H20N4O. The number of aromatic nitrogens is 2. The van der Waals surface area contributed by atoms with Crippen molar-refractivity contribution in [1.82, 2.24) is 15.1 Å². The van der Waals surface area contributed by atoms with Gasteiger partial charge in [0.2, 0.25) is 0 Å². The van der Waals surface area contributed by atoms with E-state index in [0.717, 1.165) is 44.1 Å². The molecule has 1 fully saturated rings. The zero-order chi connectivity index (χ0) is 14.7. The number of rotatable bonds is 2. The summed E-state index contributed by atoms with van der Waals surface area (Å²) in [6, 6.07) is 11.3. The third kappa shape index (κ3) is 3.13. The van der Waals surface area contributed by atoms with E-state index in [-0.39, 0.29) is 5.56 Å². The standard InChI is InChI=1S/C16H20N4O/c1-13-3-5-14(6-4-13)20-16(21)8-7-15(18-20)19-11-2-9-17-10-12-19/h3-8,17H,2,9-12H2,1H3. The topological polar surface area (TPSA) is 50.2 Å². The summed E-state index contributed by atoms with van der Waals surface area (Å²) in [5.41, 5.74) is 1.87. The van der Waals surface area contributed by atoms with Crippen molar-refractivity contribution in [2.75, 3.05) is 31.1 Å². The average Bonchev–Trinajstić information content (AvgIpc) is 2.78. The van der Waals surface area contributed by atoms with Crippen molar-refractivity contribution in [3.63, 3.8) is 0 Å². The lowest BCUT2D eigenvalue weighted by molar-refractivity contribution is 0.723. The highest BCUT2D eigenvalue weighted by molar-refractivity contribution is 5.40. The Morgan fingerprint density at radius 1 is 1.05 bits per heavy atom. The minimum Gasteiger partial charge on any atom is -0.354 e. The molecule has 110 valence electrons. The molecule has 5 heteroatoms. The van der Waals surface area contributed by atoms with Gasteiger partial charge in [0, 0.05) is 25.7 Å². The lowest BCUT2D eigenvalue weighted by Gasteiger charge is -2.21. The van der Waals surface area contributed by atoms with Gasteiger partial charge in [0.25, 0.3) is 5.56 Å². The Balaban J connectivity index is 1.95. The van der Waals surface area contributed by atoms with E-state index in [1.807, 2.05) is 37.3 Å². The zero-order valence-electron chi connectivity index (χ0n) is 12.2. The number of anilines is 1. The second-order valence-corrected chi connectivity index (χ2v) is 5.37. The Kier molecular flexibility index (Phi) is 4.01. The van der Waals surface area contributed by atoms with Crippen molar-refractivity contribution >= 4 is 5.82 Å². The van der Waals surface area contributed by atoms with Gasteiger partial charge >= 0.3 is 0 Å². The van der Waals surface area contributed by atoms with E-state index in [1.165, 1.54) is 10.2 Å². The predicted octanol–water partition coefficient (Wildman–Crippen LogP) is 1.34. The molecule has 2 heterocycles. The fraction of sp³-hybridized carbons (Fsp3) is 0.375. The van der Waals surface area contributed by atoms with E-state index in [1.54, 1.807) is 6.07 Å². The Labute approximate surface area is 124 Å². The summed E-state index contributed by atoms with van der Waals surface area (Å²) in [5.74, 6) is 0.860. The Bertz CT molecular complexity index is 655. The molecule has 0 bridgehead atoms. The molecule has 0 amide bonds. The summed E-state index contributed by atoms with van der Waals surface area (Å²) in [5, 5.41) is 7.91. The number of benzene rings is 1. The Morgan fingerprint density at radius 2 is 1.86 bits per heavy atom. The highest BCUT2D eigenvalue weighted by atomic mass is 16.1. The van der Waals surface area contributed by atoms with Crippen LogP contribution < -0.4 is 15.8 Å². The van der Waals surface area contributed by atoms with Gasteiger partial charge in [-0.05, 0) is 38.1 Å². The largest absolute Gasteiger partial charge is 0.354 e. The van der Waals surface area contributed by atoms with Crippen molar-refractivity contribution in [3.05, 3.63) is 52.3 Å². The molecule has 1 aliphatic heterocycles. The molecular weight excluding hydrogens is 264 g/mol. The number of hydrogen-bond donors (Lipinski definition) is 1. The second kappa shape index (κ2) is 6.10. The van der Waals surface area contributed by atoms with Crippen LogP contribution in [0.15, 0.2) is 41.2 Å². The Hall–Kier alpha value is -2.14. The summed E-state index contributed by atoms with van der Waals surface area (Å²) < 4.78 is 1.48. The molecule has 5 nitrogen and oxygen atoms in total. The maximum absolute atomic E-state index is 12.1. The molecule has 1 aromatic heterocycles. The van der Waals surface area contributed by atoms with Gasteiger partial charge in [-0.1, -0.05) is 17.7 Å². The van der Waals surface area contributed by atoms with Crippen LogP contribution in [-0.4, -0.2) is 36.0 Å². The first-order chi connectivity index (χ1) is 10.2. The summed E-state index contributed by atoms with van der Waals surface area (Å²) in [6.45, 7) is 5.89. The fourth-order valence-corrected chi connectivity index (χ4v) is 2.52. The van der Waals surface area contributed by atoms with E-state index in [4.69, 9.17) is 0 Å². The van der Waals surface area contributed by atoms with Gasteiger partial charge in [0.15, 0.2) is 0 Å². The molecule has 2 aromatic rings. The number of nitrogens with one attached hydrogen (secondary N) is 1. The average molecular weight is 284 g/mol. The van der Waals surface area contributed by atoms with E-state index >= 15 is 0 Å². The predicted molar refractivity (Wildman–Crippen MR) is 84.3 cm³/mol. The minimum atomic E-state index is -0.101. The van der Waals surface area contributed by atoms with E-state index in [2.05, 4.69) is 15.3 Å². The third-order valence-electron chi connectivity index (χ3n) is 3.73. The molecule has 1 saturated heterocycles. The van der Waals surface area contributed by atoms with Gasteiger partial charge < -0.3 is 10.2 Å². The van der Waals surface area contributed by atoms with Crippen molar-refractivity contribution in [3.8, 4) is 5.69 Å². The number of nitrogens with zero attached hydrogens (tertiary/aromatic N) is 3. The van der Waals surface area contributed by atoms with E-state index in [0.29, 0.717) is 0 Å². The molecule has 3 rings (SSSR count). The van der Waals surface area contributed by atoms with Crippen molar-refractivity contribution in [2.45, 2.75) is 13.3 Å². The molecule has 1 aliphatic rings. The summed E-state index contributed by atoms with van der Waals surface area (Å²) in [4.78, 5) is 14.3. The Morgan fingerprint density at radius 3 is 2.67 bits per heavy atom. The molecule has 0 spiro atoms. The number of aryl methyl sites for hydroxylation is 1. The summed E-state index contributed by atoms with van der Waals surface area (Å²) >= 11 is 0. The van der Waals surface area contributed by atoms with Gasteiger partial charge in [-0.15, -0.1) is 5.10 Å². The van der Waals surface area contributed by atoms with Crippen molar-refractivity contribution < 1.29 is 0 Å². The highest BCUT2D eigenvalue weighted by Crippen LogP contribution is 2.12. The van der Waals surface area contributed by atoms with Crippen LogP contribution >= 0.6 is 0 Å². The van der Waals surface area contributed by atoms with Crippen LogP contribution in [0.5, 0.6) is 0 Å². The maximum Gasteiger partial charge on any atom is 0.271 e. The van der Waals surface area contributed by atoms with Gasteiger partial charge in [0.05, 0.1) is 5.69 Å². The molecule has 0 saturated carbocycles. The summed E-state index contributed by atoms with van der Waals surface area (Å²) in [6.07, 6.45) is 1.09. The van der Waals surface area contributed by atoms with Crippen LogP contribution in [-0.2, 0) is 0 Å². The lowest BCUT2D eigenvalue weighted by atomic mass is 10.2. The second-order valence-electron chi connectivity index (χ2n) is 5.37. The quantitative estimate of drug-likeness (QED) is 0.904. The smallest absolute Gasteiger partial charge is 0.271 e. The van der Waals surface area contributed by atoms with Crippen LogP contribution in [0.1, 0.15) is 12.0 Å². The molecule has 0 unspecified atom stereocenters. The van der Waals surface area contributed by atoms with Gasteiger partial charge in [-0.2, -0.15) is 4.68 Å². The van der Waals surface area contributed by atoms with Crippen LogP contribution in [0, 0.1) is 6.92 Å². The van der Waals surface area contributed by atoms with Crippen LogP contribution in [0.25, 0.3) is 5.69 Å². The minimum absolute atomic E-state index is 0.101. The van der Waals surface area contributed by atoms with Gasteiger partial charge in [-0.25, -0.2) is 0 Å². The summed E-state index contributed by atoms with van der Waals surface area (Å²) in [7, 11) is 0. The molecule has 0 aliphatic carbocycles. The molecule has 21 heavy (non-hydrogen) atoms. The SMILES string of the molecule is Cc1ccc(-n2nc(N3CCCNCC3)ccc2=O)cc1. The lowest BCUT2D eigenvalue weighted by Crippen LogP contribution is -2.31. The maximum atomic E-state index is 12.1. The molecule has 1 N–H and O–H groups in total. The van der Waals surface area contributed by atoms with Crippen LogP contribution in [0.2, 0.25) is 0 Å². The first-order valence-electron chi connectivity index (χ1n) is 7.37. The first-order valence-corrected chi connectivity index (χ1v) is 7.37. The normalized spacial score (nSPS) is 15.8. The van der Waals surface area contributed by atoms with Crippen LogP contribution in [0.4, 0.5) is 5.82 Å². The monoisotopic (exact) mass is 284 g/mol. The van der Waals surface area contributed by atoms with Gasteiger partial charge in [-0.3, -0.25) is 4.79 Å². The molecule has 1 aromatic carbocycles. The van der Waals surface area contributed by atoms with E-state index < -0.39 is 0 Å². The van der Waals surface area contributed by atoms with Crippen molar-refractivity contribution in [2.24, 2.45) is 0 Å².